The van der Waals surface area contributed by atoms with Gasteiger partial charge in [-0.15, -0.1) is 0 Å². The lowest BCUT2D eigenvalue weighted by molar-refractivity contribution is -0.132. The summed E-state index contributed by atoms with van der Waals surface area (Å²) in [5.41, 5.74) is 5.18. The van der Waals surface area contributed by atoms with E-state index in [9.17, 15) is 9.59 Å². The summed E-state index contributed by atoms with van der Waals surface area (Å²) in [4.78, 5) is 38.3. The number of nitrogens with zero attached hydrogens (tertiary/aromatic N) is 4. The van der Waals surface area contributed by atoms with Gasteiger partial charge in [-0.2, -0.15) is 0 Å². The molecule has 2 aromatic carbocycles. The largest absolute Gasteiger partial charge is 0.339 e. The van der Waals surface area contributed by atoms with Gasteiger partial charge < -0.3 is 9.80 Å². The van der Waals surface area contributed by atoms with Crippen molar-refractivity contribution < 1.29 is 9.59 Å². The first-order valence-electron chi connectivity index (χ1n) is 10.9. The van der Waals surface area contributed by atoms with Crippen LogP contribution in [0.25, 0.3) is 11.0 Å². The van der Waals surface area contributed by atoms with Crippen molar-refractivity contribution in [3.05, 3.63) is 71.0 Å². The third-order valence-corrected chi connectivity index (χ3v) is 5.94. The van der Waals surface area contributed by atoms with Crippen LogP contribution in [-0.4, -0.2) is 57.8 Å². The molecule has 1 aromatic heterocycles. The molecule has 6 heteroatoms. The van der Waals surface area contributed by atoms with Gasteiger partial charge in [-0.25, -0.2) is 9.97 Å². The molecule has 6 nitrogen and oxygen atoms in total. The number of piperazine rings is 1. The maximum absolute atomic E-state index is 13.0. The second kappa shape index (κ2) is 9.25. The maximum atomic E-state index is 13.0. The lowest BCUT2D eigenvalue weighted by Crippen LogP contribution is -2.50. The summed E-state index contributed by atoms with van der Waals surface area (Å²) in [5, 5.41) is 0. The molecule has 0 aliphatic carbocycles. The third-order valence-electron chi connectivity index (χ3n) is 5.94. The number of amides is 2. The average molecular weight is 417 g/mol. The number of aryl methyl sites for hydroxylation is 3. The zero-order chi connectivity index (χ0) is 21.8. The second-order valence-corrected chi connectivity index (χ2v) is 8.11. The minimum Gasteiger partial charge on any atom is -0.339 e. The highest BCUT2D eigenvalue weighted by Gasteiger charge is 2.25. The van der Waals surface area contributed by atoms with E-state index in [0.29, 0.717) is 38.2 Å². The summed E-state index contributed by atoms with van der Waals surface area (Å²) in [6, 6.07) is 15.7. The van der Waals surface area contributed by atoms with E-state index in [1.807, 2.05) is 60.0 Å². The minimum absolute atomic E-state index is 0.0156. The summed E-state index contributed by atoms with van der Waals surface area (Å²) in [6.45, 7) is 6.14. The summed E-state index contributed by atoms with van der Waals surface area (Å²) < 4.78 is 0. The number of benzene rings is 2. The highest BCUT2D eigenvalue weighted by Crippen LogP contribution is 2.17. The summed E-state index contributed by atoms with van der Waals surface area (Å²) >= 11 is 0. The Balaban J connectivity index is 1.31. The van der Waals surface area contributed by atoms with E-state index >= 15 is 0 Å². The molecule has 0 N–H and O–H groups in total. The van der Waals surface area contributed by atoms with E-state index < -0.39 is 0 Å². The van der Waals surface area contributed by atoms with Crippen LogP contribution in [0.2, 0.25) is 0 Å². The molecule has 1 aliphatic rings. The van der Waals surface area contributed by atoms with Crippen molar-refractivity contribution in [3.8, 4) is 0 Å². The van der Waals surface area contributed by atoms with Gasteiger partial charge in [-0.1, -0.05) is 30.3 Å². The Morgan fingerprint density at radius 3 is 2.19 bits per heavy atom. The Bertz CT molecular complexity index is 1090. The van der Waals surface area contributed by atoms with Crippen molar-refractivity contribution in [2.75, 3.05) is 26.2 Å². The van der Waals surface area contributed by atoms with Crippen molar-refractivity contribution in [3.63, 3.8) is 0 Å². The Kier molecular flexibility index (Phi) is 6.26. The van der Waals surface area contributed by atoms with Crippen LogP contribution < -0.4 is 0 Å². The standard InChI is InChI=1S/C25H28N4O2/c1-18-19(2)27-23-17-21(11-12-22(23)26-18)25(31)29-15-13-28(14-16-29)24(30)10-6-9-20-7-4-3-5-8-20/h3-5,7-8,11-12,17H,6,9-10,13-16H2,1-2H3. The maximum Gasteiger partial charge on any atom is 0.254 e. The highest BCUT2D eigenvalue weighted by atomic mass is 16.2. The summed E-state index contributed by atoms with van der Waals surface area (Å²) in [6.07, 6.45) is 2.30. The Morgan fingerprint density at radius 1 is 0.839 bits per heavy atom. The number of hydrogen-bond acceptors (Lipinski definition) is 4. The van der Waals surface area contributed by atoms with Gasteiger partial charge in [-0.05, 0) is 50.5 Å². The van der Waals surface area contributed by atoms with Crippen LogP contribution in [-0.2, 0) is 11.2 Å². The topological polar surface area (TPSA) is 66.4 Å². The molecule has 0 atom stereocenters. The first kappa shape index (κ1) is 21.0. The molecule has 1 fully saturated rings. The Labute approximate surface area is 182 Å². The molecule has 0 bridgehead atoms. The van der Waals surface area contributed by atoms with Crippen molar-refractivity contribution in [1.29, 1.82) is 0 Å². The van der Waals surface area contributed by atoms with Gasteiger partial charge in [0.1, 0.15) is 0 Å². The zero-order valence-electron chi connectivity index (χ0n) is 18.2. The van der Waals surface area contributed by atoms with Gasteiger partial charge >= 0.3 is 0 Å². The van der Waals surface area contributed by atoms with E-state index in [4.69, 9.17) is 0 Å². The van der Waals surface area contributed by atoms with Gasteiger partial charge in [-0.3, -0.25) is 9.59 Å². The molecule has 2 heterocycles. The fourth-order valence-electron chi connectivity index (χ4n) is 3.95. The Morgan fingerprint density at radius 2 is 1.48 bits per heavy atom. The van der Waals surface area contributed by atoms with Crippen LogP contribution in [0.4, 0.5) is 0 Å². The molecule has 160 valence electrons. The van der Waals surface area contributed by atoms with E-state index in [1.54, 1.807) is 0 Å². The fraction of sp³-hybridized carbons (Fsp3) is 0.360. The van der Waals surface area contributed by atoms with Crippen molar-refractivity contribution in [2.24, 2.45) is 0 Å². The smallest absolute Gasteiger partial charge is 0.254 e. The first-order chi connectivity index (χ1) is 15.0. The predicted molar refractivity (Wildman–Crippen MR) is 121 cm³/mol. The van der Waals surface area contributed by atoms with Crippen LogP contribution in [0, 0.1) is 13.8 Å². The number of carbonyl (C=O) groups excluding carboxylic acids is 2. The first-order valence-corrected chi connectivity index (χ1v) is 10.9. The molecule has 0 saturated carbocycles. The van der Waals surface area contributed by atoms with Gasteiger partial charge in [0.05, 0.1) is 22.4 Å². The van der Waals surface area contributed by atoms with E-state index in [0.717, 1.165) is 35.3 Å². The van der Waals surface area contributed by atoms with Crippen LogP contribution in [0.1, 0.15) is 40.2 Å². The van der Waals surface area contributed by atoms with Crippen molar-refractivity contribution in [1.82, 2.24) is 19.8 Å². The molecular weight excluding hydrogens is 388 g/mol. The SMILES string of the molecule is Cc1nc2ccc(C(=O)N3CCN(C(=O)CCCc4ccccc4)CC3)cc2nc1C. The number of carbonyl (C=O) groups is 2. The molecule has 1 saturated heterocycles. The number of hydrogen-bond donors (Lipinski definition) is 0. The normalized spacial score (nSPS) is 14.1. The molecule has 31 heavy (non-hydrogen) atoms. The molecule has 0 spiro atoms. The predicted octanol–water partition coefficient (Wildman–Crippen LogP) is 3.55. The lowest BCUT2D eigenvalue weighted by Gasteiger charge is -2.35. The van der Waals surface area contributed by atoms with Gasteiger partial charge in [0, 0.05) is 38.2 Å². The fourth-order valence-corrected chi connectivity index (χ4v) is 3.95. The molecule has 4 rings (SSSR count). The van der Waals surface area contributed by atoms with E-state index in [-0.39, 0.29) is 11.8 Å². The number of aromatic nitrogens is 2. The van der Waals surface area contributed by atoms with E-state index in [2.05, 4.69) is 22.1 Å². The van der Waals surface area contributed by atoms with Crippen molar-refractivity contribution >= 4 is 22.8 Å². The lowest BCUT2D eigenvalue weighted by atomic mass is 10.1. The molecule has 1 aliphatic heterocycles. The number of fused-ring (bicyclic) bond motifs is 1. The Hall–Kier alpha value is -3.28. The minimum atomic E-state index is -0.0156. The summed E-state index contributed by atoms with van der Waals surface area (Å²) in [7, 11) is 0. The van der Waals surface area contributed by atoms with Gasteiger partial charge in [0.15, 0.2) is 0 Å². The van der Waals surface area contributed by atoms with Crippen LogP contribution >= 0.6 is 0 Å². The van der Waals surface area contributed by atoms with Gasteiger partial charge in [0.25, 0.3) is 5.91 Å². The van der Waals surface area contributed by atoms with Crippen LogP contribution in [0.15, 0.2) is 48.5 Å². The zero-order valence-corrected chi connectivity index (χ0v) is 18.2. The summed E-state index contributed by atoms with van der Waals surface area (Å²) in [5.74, 6) is 0.160. The molecular formula is C25H28N4O2. The molecule has 0 unspecified atom stereocenters. The number of rotatable bonds is 5. The van der Waals surface area contributed by atoms with E-state index in [1.165, 1.54) is 5.56 Å². The average Bonchev–Trinajstić information content (AvgIpc) is 2.80. The molecule has 2 amide bonds. The van der Waals surface area contributed by atoms with Gasteiger partial charge in [0.2, 0.25) is 5.91 Å². The van der Waals surface area contributed by atoms with Crippen molar-refractivity contribution in [2.45, 2.75) is 33.1 Å². The highest BCUT2D eigenvalue weighted by molar-refractivity contribution is 5.97. The quantitative estimate of drug-likeness (QED) is 0.638. The second-order valence-electron chi connectivity index (χ2n) is 8.11. The monoisotopic (exact) mass is 416 g/mol. The van der Waals surface area contributed by atoms with Crippen LogP contribution in [0.5, 0.6) is 0 Å². The molecule has 0 radical (unpaired) electrons. The van der Waals surface area contributed by atoms with Crippen LogP contribution in [0.3, 0.4) is 0 Å². The third kappa shape index (κ3) is 4.90. The molecule has 3 aromatic rings.